The van der Waals surface area contributed by atoms with Gasteiger partial charge < -0.3 is 10.4 Å². The van der Waals surface area contributed by atoms with Gasteiger partial charge in [-0.15, -0.1) is 0 Å². The Morgan fingerprint density at radius 3 is 2.16 bits per heavy atom. The smallest absolute Gasteiger partial charge is 0.333 e. The van der Waals surface area contributed by atoms with Crippen molar-refractivity contribution in [2.75, 3.05) is 26.7 Å². The van der Waals surface area contributed by atoms with E-state index in [1.807, 2.05) is 55.6 Å². The molecule has 226 valence electrons. The number of rotatable bonds is 9. The summed E-state index contributed by atoms with van der Waals surface area (Å²) in [4.78, 5) is 14.5. The molecular weight excluding hydrogens is 605 g/mol. The monoisotopic (exact) mass is 640 g/mol. The summed E-state index contributed by atoms with van der Waals surface area (Å²) >= 11 is 13.2. The molecule has 43 heavy (non-hydrogen) atoms. The van der Waals surface area contributed by atoms with Crippen LogP contribution in [-0.2, 0) is 27.7 Å². The maximum atomic E-state index is 14.4. The van der Waals surface area contributed by atoms with E-state index in [2.05, 4.69) is 34.5 Å². The van der Waals surface area contributed by atoms with Gasteiger partial charge in [-0.05, 0) is 30.5 Å². The maximum absolute atomic E-state index is 14.4. The number of aliphatic carboxylic acids is 1. The molecule has 0 amide bonds. The van der Waals surface area contributed by atoms with E-state index >= 15 is 0 Å². The first kappa shape index (κ1) is 31.3. The van der Waals surface area contributed by atoms with Crippen LogP contribution in [-0.4, -0.2) is 56.3 Å². The Hall–Kier alpha value is -3.14. The molecule has 2 aliphatic heterocycles. The molecule has 0 bridgehead atoms. The number of allylic oxidation sites excluding steroid dienone is 2. The minimum Gasteiger partial charge on any atom is -0.478 e. The SMILES string of the molecule is CC1=C(C(=O)O)CC2=C(C[N+](C)(c3cccc(Cl)c3Cl)CC(CCN(Cc3ccccc3)Cc3ccccc3)S2(=O)=O)N1. The van der Waals surface area contributed by atoms with Crippen molar-refractivity contribution in [2.45, 2.75) is 38.1 Å². The molecule has 0 spiro atoms. The van der Waals surface area contributed by atoms with Gasteiger partial charge in [-0.3, -0.25) is 9.38 Å². The van der Waals surface area contributed by atoms with Crippen molar-refractivity contribution in [1.29, 1.82) is 0 Å². The van der Waals surface area contributed by atoms with Gasteiger partial charge in [0.05, 0.1) is 28.2 Å². The first-order valence-electron chi connectivity index (χ1n) is 14.2. The van der Waals surface area contributed by atoms with Gasteiger partial charge in [0.2, 0.25) is 0 Å². The Balaban J connectivity index is 1.52. The fourth-order valence-electron chi connectivity index (χ4n) is 6.13. The van der Waals surface area contributed by atoms with E-state index in [4.69, 9.17) is 23.2 Å². The summed E-state index contributed by atoms with van der Waals surface area (Å²) in [6.45, 7) is 4.07. The molecule has 3 aromatic rings. The van der Waals surface area contributed by atoms with Gasteiger partial charge in [-0.2, -0.15) is 0 Å². The second kappa shape index (κ2) is 12.8. The van der Waals surface area contributed by atoms with Crippen LogP contribution in [0.2, 0.25) is 10.0 Å². The molecule has 0 radical (unpaired) electrons. The topological polar surface area (TPSA) is 86.7 Å². The average Bonchev–Trinajstić information content (AvgIpc) is 3.05. The van der Waals surface area contributed by atoms with Gasteiger partial charge >= 0.3 is 5.97 Å². The van der Waals surface area contributed by atoms with Gasteiger partial charge in [-0.1, -0.05) is 89.9 Å². The van der Waals surface area contributed by atoms with Crippen LogP contribution in [0.1, 0.15) is 30.9 Å². The average molecular weight is 642 g/mol. The van der Waals surface area contributed by atoms with Crippen molar-refractivity contribution in [3.8, 4) is 0 Å². The van der Waals surface area contributed by atoms with Gasteiger partial charge in [0.25, 0.3) is 0 Å². The summed E-state index contributed by atoms with van der Waals surface area (Å²) in [7, 11) is -1.93. The third kappa shape index (κ3) is 6.84. The largest absolute Gasteiger partial charge is 0.478 e. The lowest BCUT2D eigenvalue weighted by Gasteiger charge is -2.36. The summed E-state index contributed by atoms with van der Waals surface area (Å²) in [5.74, 6) is -1.13. The molecular formula is C33H36Cl2N3O4S+. The molecule has 2 heterocycles. The molecule has 0 saturated carbocycles. The molecule has 0 saturated heterocycles. The van der Waals surface area contributed by atoms with Crippen LogP contribution in [0, 0.1) is 0 Å². The lowest BCUT2D eigenvalue weighted by Crippen LogP contribution is -2.52. The molecule has 10 heteroatoms. The van der Waals surface area contributed by atoms with Crippen molar-refractivity contribution in [2.24, 2.45) is 0 Å². The maximum Gasteiger partial charge on any atom is 0.333 e. The molecule has 0 aromatic heterocycles. The molecule has 0 fully saturated rings. The molecule has 2 unspecified atom stereocenters. The van der Waals surface area contributed by atoms with Crippen molar-refractivity contribution in [3.63, 3.8) is 0 Å². The van der Waals surface area contributed by atoms with Crippen LogP contribution in [0.3, 0.4) is 0 Å². The second-order valence-electron chi connectivity index (χ2n) is 11.6. The third-order valence-electron chi connectivity index (χ3n) is 8.40. The highest BCUT2D eigenvalue weighted by atomic mass is 35.5. The summed E-state index contributed by atoms with van der Waals surface area (Å²) in [6.07, 6.45) is 0.208. The molecule has 5 rings (SSSR count). The Bertz CT molecular complexity index is 1640. The molecule has 0 aliphatic carbocycles. The number of carboxylic acid groups (broad SMARTS) is 1. The van der Waals surface area contributed by atoms with Gasteiger partial charge in [0.15, 0.2) is 15.5 Å². The summed E-state index contributed by atoms with van der Waals surface area (Å²) in [5.41, 5.74) is 4.02. The lowest BCUT2D eigenvalue weighted by molar-refractivity contribution is -0.132. The van der Waals surface area contributed by atoms with Crippen LogP contribution in [0.25, 0.3) is 0 Å². The highest BCUT2D eigenvalue weighted by Crippen LogP contribution is 2.41. The number of carbonyl (C=O) groups is 1. The van der Waals surface area contributed by atoms with E-state index in [9.17, 15) is 18.3 Å². The fourth-order valence-corrected chi connectivity index (χ4v) is 8.78. The van der Waals surface area contributed by atoms with Crippen LogP contribution in [0.15, 0.2) is 101 Å². The highest BCUT2D eigenvalue weighted by Gasteiger charge is 2.46. The normalized spacial score (nSPS) is 21.7. The molecule has 2 aliphatic rings. The first-order valence-corrected chi connectivity index (χ1v) is 16.5. The highest BCUT2D eigenvalue weighted by molar-refractivity contribution is 7.95. The second-order valence-corrected chi connectivity index (χ2v) is 14.6. The zero-order valence-electron chi connectivity index (χ0n) is 24.3. The minimum atomic E-state index is -3.89. The van der Waals surface area contributed by atoms with Crippen molar-refractivity contribution >= 4 is 44.7 Å². The molecule has 3 aromatic carbocycles. The number of carboxylic acids is 1. The Morgan fingerprint density at radius 1 is 0.977 bits per heavy atom. The van der Waals surface area contributed by atoms with Gasteiger partial charge in [0.1, 0.15) is 23.4 Å². The number of nitrogens with zero attached hydrogens (tertiary/aromatic N) is 2. The zero-order valence-corrected chi connectivity index (χ0v) is 26.6. The van der Waals surface area contributed by atoms with Crippen LogP contribution < -0.4 is 9.80 Å². The first-order chi connectivity index (χ1) is 20.5. The third-order valence-corrected chi connectivity index (χ3v) is 11.5. The van der Waals surface area contributed by atoms with E-state index in [0.29, 0.717) is 54.0 Å². The van der Waals surface area contributed by atoms with E-state index < -0.39 is 21.1 Å². The van der Waals surface area contributed by atoms with E-state index in [0.717, 1.165) is 16.8 Å². The van der Waals surface area contributed by atoms with Crippen LogP contribution in [0.5, 0.6) is 0 Å². The Labute approximate surface area is 263 Å². The summed E-state index contributed by atoms with van der Waals surface area (Å²) in [6, 6.07) is 25.7. The van der Waals surface area contributed by atoms with Gasteiger partial charge in [-0.25, -0.2) is 13.2 Å². The van der Waals surface area contributed by atoms with Crippen molar-refractivity contribution in [1.82, 2.24) is 14.7 Å². The number of quaternary nitrogens is 1. The molecule has 7 nitrogen and oxygen atoms in total. The quantitative estimate of drug-likeness (QED) is 0.264. The number of nitrogens with one attached hydrogen (secondary N) is 1. The van der Waals surface area contributed by atoms with Gasteiger partial charge in [0, 0.05) is 37.8 Å². The number of dihydropyridines is 1. The zero-order chi connectivity index (χ0) is 30.8. The fraction of sp³-hybridized carbons (Fsp3) is 0.303. The Morgan fingerprint density at radius 2 is 1.58 bits per heavy atom. The predicted molar refractivity (Wildman–Crippen MR) is 173 cm³/mol. The Kier molecular flexibility index (Phi) is 9.34. The van der Waals surface area contributed by atoms with E-state index in [-0.39, 0.29) is 27.9 Å². The molecule has 2 N–H and O–H groups in total. The number of likely N-dealkylation sites (N-methyl/N-ethyl adjacent to an activating group) is 1. The minimum absolute atomic E-state index is 0.0627. The van der Waals surface area contributed by atoms with Crippen LogP contribution in [0.4, 0.5) is 5.69 Å². The van der Waals surface area contributed by atoms with Crippen molar-refractivity contribution < 1.29 is 18.3 Å². The number of hydrogen-bond acceptors (Lipinski definition) is 5. The number of halogens is 2. The molecule has 2 atom stereocenters. The van der Waals surface area contributed by atoms with Crippen molar-refractivity contribution in [3.05, 3.63) is 122 Å². The standard InChI is InChI=1S/C33H35Cl2N3O4S/c1-23-27(33(39)40)18-31-29(36-23)22-38(2,30-15-9-14-28(34)32(30)35)21-26(43(31,41)42)16-17-37(19-24-10-5-3-6-11-24)20-25-12-7-4-8-13-25/h3-15,26,36H,16-22H2,1-2H3/p+1. The number of sulfone groups is 1. The summed E-state index contributed by atoms with van der Waals surface area (Å²) < 4.78 is 29.1. The number of benzene rings is 3. The van der Waals surface area contributed by atoms with E-state index in [1.165, 1.54) is 0 Å². The summed E-state index contributed by atoms with van der Waals surface area (Å²) in [5, 5.41) is 13.0. The lowest BCUT2D eigenvalue weighted by atomic mass is 10.0. The number of hydrogen-bond donors (Lipinski definition) is 2. The predicted octanol–water partition coefficient (Wildman–Crippen LogP) is 6.38. The van der Waals surface area contributed by atoms with Crippen LogP contribution >= 0.6 is 23.2 Å². The van der Waals surface area contributed by atoms with E-state index in [1.54, 1.807) is 13.0 Å².